The monoisotopic (exact) mass is 431 g/mol. The molecule has 2 aromatic heterocycles. The zero-order valence-corrected chi connectivity index (χ0v) is 18.1. The molecule has 2 aromatic carbocycles. The Bertz CT molecular complexity index is 1360. The number of aliphatic hydroxyl groups is 2. The fourth-order valence-corrected chi connectivity index (χ4v) is 3.83. The van der Waals surface area contributed by atoms with Crippen molar-refractivity contribution in [3.63, 3.8) is 0 Å². The van der Waals surface area contributed by atoms with Crippen LogP contribution in [0.25, 0.3) is 22.0 Å². The number of H-pyrrole nitrogens is 1. The van der Waals surface area contributed by atoms with Crippen molar-refractivity contribution in [1.82, 2.24) is 9.55 Å². The fraction of sp³-hybridized carbons (Fsp3) is 0.200. The Morgan fingerprint density at radius 3 is 2.47 bits per heavy atom. The van der Waals surface area contributed by atoms with Crippen molar-refractivity contribution >= 4 is 22.5 Å². The number of aryl methyl sites for hydroxylation is 1. The van der Waals surface area contributed by atoms with Gasteiger partial charge in [-0.05, 0) is 49.2 Å². The van der Waals surface area contributed by atoms with Crippen LogP contribution in [0.3, 0.4) is 0 Å². The summed E-state index contributed by atoms with van der Waals surface area (Å²) in [5.74, 6) is -0.327. The molecule has 4 rings (SSSR count). The number of nitrogens with one attached hydrogen (secondary N) is 2. The van der Waals surface area contributed by atoms with Gasteiger partial charge in [0.2, 0.25) is 0 Å². The van der Waals surface area contributed by atoms with Gasteiger partial charge in [-0.3, -0.25) is 9.59 Å². The minimum atomic E-state index is -0.993. The van der Waals surface area contributed by atoms with Crippen LogP contribution in [-0.4, -0.2) is 25.7 Å². The maximum atomic E-state index is 12.9. The lowest BCUT2D eigenvalue weighted by atomic mass is 9.96. The predicted octanol–water partition coefficient (Wildman–Crippen LogP) is 3.51. The molecule has 0 aliphatic rings. The van der Waals surface area contributed by atoms with Gasteiger partial charge in [-0.15, -0.1) is 0 Å². The molecule has 2 heterocycles. The van der Waals surface area contributed by atoms with Crippen molar-refractivity contribution in [1.29, 1.82) is 0 Å². The van der Waals surface area contributed by atoms with E-state index in [-0.39, 0.29) is 18.1 Å². The van der Waals surface area contributed by atoms with E-state index in [1.807, 2.05) is 12.1 Å². The number of aromatic nitrogens is 2. The maximum absolute atomic E-state index is 12.9. The minimum Gasteiger partial charge on any atom is -0.392 e. The second-order valence-electron chi connectivity index (χ2n) is 8.31. The molecule has 4 aromatic rings. The normalized spacial score (nSPS) is 11.7. The molecular weight excluding hydrogens is 406 g/mol. The molecule has 0 aliphatic carbocycles. The molecule has 164 valence electrons. The van der Waals surface area contributed by atoms with Gasteiger partial charge in [0.05, 0.1) is 12.2 Å². The van der Waals surface area contributed by atoms with Gasteiger partial charge in [-0.25, -0.2) is 0 Å². The first kappa shape index (κ1) is 21.5. The minimum absolute atomic E-state index is 0.141. The van der Waals surface area contributed by atoms with E-state index < -0.39 is 5.60 Å². The van der Waals surface area contributed by atoms with E-state index in [9.17, 15) is 19.8 Å². The van der Waals surface area contributed by atoms with Crippen molar-refractivity contribution in [3.8, 4) is 11.1 Å². The molecule has 4 N–H and O–H groups in total. The van der Waals surface area contributed by atoms with Crippen molar-refractivity contribution in [3.05, 3.63) is 88.0 Å². The lowest BCUT2D eigenvalue weighted by Crippen LogP contribution is -2.18. The molecule has 0 unspecified atom stereocenters. The summed E-state index contributed by atoms with van der Waals surface area (Å²) < 4.78 is 1.49. The Labute approximate surface area is 185 Å². The standard InChI is InChI=1S/C25H25N3O4/c1-25(2,32)16-9-7-15(8-10-16)23(30)27-21-6-4-5-17(20(21)14-29)19-13-28(3)24(31)22-18(19)11-12-26-22/h4-13,26,29,32H,14H2,1-3H3,(H,27,30). The fourth-order valence-electron chi connectivity index (χ4n) is 3.83. The highest BCUT2D eigenvalue weighted by Gasteiger charge is 2.18. The average molecular weight is 431 g/mol. The molecule has 0 spiro atoms. The Balaban J connectivity index is 1.73. The van der Waals surface area contributed by atoms with Crippen LogP contribution >= 0.6 is 0 Å². The summed E-state index contributed by atoms with van der Waals surface area (Å²) in [6, 6.07) is 13.9. The number of aliphatic hydroxyl groups excluding tert-OH is 1. The first-order valence-electron chi connectivity index (χ1n) is 10.2. The zero-order valence-electron chi connectivity index (χ0n) is 18.1. The first-order valence-corrected chi connectivity index (χ1v) is 10.2. The van der Waals surface area contributed by atoms with Crippen LogP contribution in [-0.2, 0) is 19.3 Å². The highest BCUT2D eigenvalue weighted by atomic mass is 16.3. The number of hydrogen-bond acceptors (Lipinski definition) is 4. The molecule has 0 bridgehead atoms. The number of carbonyl (C=O) groups is 1. The van der Waals surface area contributed by atoms with Gasteiger partial charge in [0.1, 0.15) is 5.52 Å². The van der Waals surface area contributed by atoms with Gasteiger partial charge in [0.25, 0.3) is 11.5 Å². The summed E-state index contributed by atoms with van der Waals surface area (Å²) in [6.07, 6.45) is 3.44. The number of pyridine rings is 1. The smallest absolute Gasteiger partial charge is 0.274 e. The van der Waals surface area contributed by atoms with Crippen molar-refractivity contribution in [2.24, 2.45) is 7.05 Å². The number of aromatic amines is 1. The van der Waals surface area contributed by atoms with Crippen LogP contribution in [0.4, 0.5) is 5.69 Å². The largest absolute Gasteiger partial charge is 0.392 e. The van der Waals surface area contributed by atoms with Crippen LogP contribution in [0.15, 0.2) is 65.7 Å². The van der Waals surface area contributed by atoms with E-state index in [0.717, 1.165) is 16.5 Å². The molecule has 0 saturated heterocycles. The lowest BCUT2D eigenvalue weighted by Gasteiger charge is -2.18. The predicted molar refractivity (Wildman–Crippen MR) is 125 cm³/mol. The lowest BCUT2D eigenvalue weighted by molar-refractivity contribution is 0.0785. The van der Waals surface area contributed by atoms with E-state index in [0.29, 0.717) is 27.9 Å². The molecule has 7 nitrogen and oxygen atoms in total. The third-order valence-electron chi connectivity index (χ3n) is 5.62. The number of rotatable bonds is 5. The number of benzene rings is 2. The number of carbonyl (C=O) groups excluding carboxylic acids is 1. The van der Waals surface area contributed by atoms with E-state index >= 15 is 0 Å². The summed E-state index contributed by atoms with van der Waals surface area (Å²) in [7, 11) is 1.67. The molecule has 0 atom stereocenters. The number of fused-ring (bicyclic) bond motifs is 1. The molecule has 0 radical (unpaired) electrons. The van der Waals surface area contributed by atoms with Crippen molar-refractivity contribution in [2.75, 3.05) is 5.32 Å². The van der Waals surface area contributed by atoms with Crippen LogP contribution < -0.4 is 10.9 Å². The van der Waals surface area contributed by atoms with Gasteiger partial charge in [-0.1, -0.05) is 24.3 Å². The molecule has 32 heavy (non-hydrogen) atoms. The zero-order chi connectivity index (χ0) is 23.0. The number of nitrogens with zero attached hydrogens (tertiary/aromatic N) is 1. The highest BCUT2D eigenvalue weighted by Crippen LogP contribution is 2.33. The Kier molecular flexibility index (Phi) is 5.46. The Morgan fingerprint density at radius 2 is 1.81 bits per heavy atom. The quantitative estimate of drug-likeness (QED) is 0.388. The molecule has 0 aliphatic heterocycles. The van der Waals surface area contributed by atoms with Gasteiger partial charge in [-0.2, -0.15) is 0 Å². The molecular formula is C25H25N3O4. The summed E-state index contributed by atoms with van der Waals surface area (Å²) in [5, 5.41) is 23.9. The van der Waals surface area contributed by atoms with Crippen LogP contribution in [0.1, 0.15) is 35.3 Å². The van der Waals surface area contributed by atoms with Crippen LogP contribution in [0.2, 0.25) is 0 Å². The molecule has 0 saturated carbocycles. The van der Waals surface area contributed by atoms with Crippen LogP contribution in [0.5, 0.6) is 0 Å². The summed E-state index contributed by atoms with van der Waals surface area (Å²) in [6.45, 7) is 3.07. The Hall–Kier alpha value is -3.68. The van der Waals surface area contributed by atoms with Crippen LogP contribution in [0, 0.1) is 0 Å². The van der Waals surface area contributed by atoms with E-state index in [1.54, 1.807) is 69.7 Å². The van der Waals surface area contributed by atoms with Crippen molar-refractivity contribution < 1.29 is 15.0 Å². The van der Waals surface area contributed by atoms with Gasteiger partial charge >= 0.3 is 0 Å². The van der Waals surface area contributed by atoms with Gasteiger partial charge in [0.15, 0.2) is 0 Å². The summed E-state index contributed by atoms with van der Waals surface area (Å²) >= 11 is 0. The number of amides is 1. The third-order valence-corrected chi connectivity index (χ3v) is 5.62. The van der Waals surface area contributed by atoms with Crippen molar-refractivity contribution in [2.45, 2.75) is 26.1 Å². The molecule has 1 amide bonds. The summed E-state index contributed by atoms with van der Waals surface area (Å²) in [4.78, 5) is 28.2. The molecule has 7 heteroatoms. The van der Waals surface area contributed by atoms with E-state index in [1.165, 1.54) is 4.57 Å². The van der Waals surface area contributed by atoms with Gasteiger partial charge in [0, 0.05) is 47.2 Å². The second kappa shape index (κ2) is 8.11. The first-order chi connectivity index (χ1) is 15.2. The SMILES string of the molecule is Cn1cc(-c2cccc(NC(=O)c3ccc(C(C)(C)O)cc3)c2CO)c2cc[nH]c2c1=O. The number of anilines is 1. The number of hydrogen-bond donors (Lipinski definition) is 4. The maximum Gasteiger partial charge on any atom is 0.274 e. The second-order valence-corrected chi connectivity index (χ2v) is 8.31. The average Bonchev–Trinajstić information content (AvgIpc) is 3.26. The topological polar surface area (TPSA) is 107 Å². The van der Waals surface area contributed by atoms with E-state index in [4.69, 9.17) is 0 Å². The van der Waals surface area contributed by atoms with E-state index in [2.05, 4.69) is 10.3 Å². The molecule has 0 fully saturated rings. The highest BCUT2D eigenvalue weighted by molar-refractivity contribution is 6.05. The third kappa shape index (κ3) is 3.84. The van der Waals surface area contributed by atoms with Gasteiger partial charge < -0.3 is 25.1 Å². The Morgan fingerprint density at radius 1 is 1.09 bits per heavy atom. The summed E-state index contributed by atoms with van der Waals surface area (Å²) in [5.41, 5.74) is 3.02.